The summed E-state index contributed by atoms with van der Waals surface area (Å²) in [7, 11) is 0. The number of hydrogen-bond donors (Lipinski definition) is 2. The van der Waals surface area contributed by atoms with Crippen LogP contribution in [0.5, 0.6) is 0 Å². The van der Waals surface area contributed by atoms with Crippen LogP contribution in [-0.2, 0) is 6.18 Å². The highest BCUT2D eigenvalue weighted by Crippen LogP contribution is 2.29. The van der Waals surface area contributed by atoms with Gasteiger partial charge in [-0.15, -0.1) is 11.8 Å². The fourth-order valence-corrected chi connectivity index (χ4v) is 3.40. The summed E-state index contributed by atoms with van der Waals surface area (Å²) < 4.78 is 37.8. The van der Waals surface area contributed by atoms with Gasteiger partial charge in [-0.05, 0) is 65.9 Å². The molecule has 0 fully saturated rings. The normalized spacial score (nSPS) is 11.1. The van der Waals surface area contributed by atoms with Gasteiger partial charge in [0.2, 0.25) is 0 Å². The Hall–Kier alpha value is -3.26. The van der Waals surface area contributed by atoms with Crippen molar-refractivity contribution in [2.45, 2.75) is 11.1 Å². The average Bonchev–Trinajstić information content (AvgIpc) is 2.81. The van der Waals surface area contributed by atoms with Gasteiger partial charge in [0.05, 0.1) is 5.56 Å². The van der Waals surface area contributed by atoms with Crippen LogP contribution in [0.15, 0.2) is 77.7 Å². The lowest BCUT2D eigenvalue weighted by Gasteiger charge is -2.10. The third kappa shape index (κ3) is 6.13. The van der Waals surface area contributed by atoms with Crippen LogP contribution in [0, 0.1) is 0 Å². The first kappa shape index (κ1) is 23.4. The minimum absolute atomic E-state index is 0.115. The molecule has 8 heteroatoms. The van der Waals surface area contributed by atoms with Crippen molar-refractivity contribution in [3.05, 3.63) is 89.5 Å². The molecule has 3 aromatic carbocycles. The highest BCUT2D eigenvalue weighted by molar-refractivity contribution is 7.98. The predicted octanol–water partition coefficient (Wildman–Crippen LogP) is 5.25. The topological polar surface area (TPSA) is 58.2 Å². The third-order valence-corrected chi connectivity index (χ3v) is 5.46. The standard InChI is InChI=1S/C24H21F3N2O2S/c1-32-21-11-7-16(8-12-21)18-3-2-4-19(15-18)23(31)29-14-13-28-22(30)17-5-9-20(10-6-17)24(25,26)27/h2-12,15H,13-14H2,1H3,(H,28,30)(H,29,31). The Kier molecular flexibility index (Phi) is 7.58. The summed E-state index contributed by atoms with van der Waals surface area (Å²) in [6.07, 6.45) is -2.44. The molecule has 4 nitrogen and oxygen atoms in total. The Morgan fingerprint density at radius 1 is 0.781 bits per heavy atom. The maximum absolute atomic E-state index is 12.6. The van der Waals surface area contributed by atoms with E-state index in [2.05, 4.69) is 10.6 Å². The maximum atomic E-state index is 12.6. The highest BCUT2D eigenvalue weighted by atomic mass is 32.2. The molecular formula is C24H21F3N2O2S. The summed E-state index contributed by atoms with van der Waals surface area (Å²) in [4.78, 5) is 25.7. The second-order valence-corrected chi connectivity index (χ2v) is 7.78. The molecular weight excluding hydrogens is 437 g/mol. The van der Waals surface area contributed by atoms with Crippen molar-refractivity contribution in [2.24, 2.45) is 0 Å². The molecule has 2 amide bonds. The van der Waals surface area contributed by atoms with Gasteiger partial charge < -0.3 is 10.6 Å². The quantitative estimate of drug-likeness (QED) is 0.375. The molecule has 0 unspecified atom stereocenters. The minimum atomic E-state index is -4.45. The molecule has 0 aliphatic rings. The van der Waals surface area contributed by atoms with Crippen molar-refractivity contribution >= 4 is 23.6 Å². The zero-order chi connectivity index (χ0) is 23.1. The zero-order valence-corrected chi connectivity index (χ0v) is 18.0. The van der Waals surface area contributed by atoms with Crippen LogP contribution in [0.1, 0.15) is 26.3 Å². The maximum Gasteiger partial charge on any atom is 0.416 e. The van der Waals surface area contributed by atoms with E-state index in [9.17, 15) is 22.8 Å². The van der Waals surface area contributed by atoms with Crippen LogP contribution >= 0.6 is 11.8 Å². The molecule has 0 atom stereocenters. The number of thioether (sulfide) groups is 1. The smallest absolute Gasteiger partial charge is 0.350 e. The van der Waals surface area contributed by atoms with Crippen molar-refractivity contribution < 1.29 is 22.8 Å². The van der Waals surface area contributed by atoms with Crippen molar-refractivity contribution in [2.75, 3.05) is 19.3 Å². The van der Waals surface area contributed by atoms with Gasteiger partial charge in [0.15, 0.2) is 0 Å². The number of benzene rings is 3. The van der Waals surface area contributed by atoms with Gasteiger partial charge in [-0.2, -0.15) is 13.2 Å². The molecule has 0 aliphatic carbocycles. The Balaban J connectivity index is 1.51. The SMILES string of the molecule is CSc1ccc(-c2cccc(C(=O)NCCNC(=O)c3ccc(C(F)(F)F)cc3)c2)cc1. The molecule has 0 spiro atoms. The van der Waals surface area contributed by atoms with Crippen molar-refractivity contribution in [3.63, 3.8) is 0 Å². The van der Waals surface area contributed by atoms with E-state index in [1.807, 2.05) is 36.6 Å². The molecule has 0 saturated carbocycles. The molecule has 2 N–H and O–H groups in total. The average molecular weight is 459 g/mol. The summed E-state index contributed by atoms with van der Waals surface area (Å²) in [6, 6.07) is 19.2. The van der Waals surface area contributed by atoms with Crippen LogP contribution in [0.25, 0.3) is 11.1 Å². The Morgan fingerprint density at radius 3 is 1.94 bits per heavy atom. The van der Waals surface area contributed by atoms with Gasteiger partial charge in [-0.1, -0.05) is 24.3 Å². The lowest BCUT2D eigenvalue weighted by molar-refractivity contribution is -0.137. The second kappa shape index (κ2) is 10.4. The molecule has 3 rings (SSSR count). The van der Waals surface area contributed by atoms with Gasteiger partial charge in [0, 0.05) is 29.1 Å². The molecule has 0 heterocycles. The lowest BCUT2D eigenvalue weighted by Crippen LogP contribution is -2.34. The summed E-state index contributed by atoms with van der Waals surface area (Å²) in [5.74, 6) is -0.792. The number of halogens is 3. The number of rotatable bonds is 7. The van der Waals surface area contributed by atoms with E-state index in [0.29, 0.717) is 5.56 Å². The van der Waals surface area contributed by atoms with E-state index in [1.165, 1.54) is 0 Å². The van der Waals surface area contributed by atoms with E-state index in [4.69, 9.17) is 0 Å². The van der Waals surface area contributed by atoms with Crippen LogP contribution in [0.4, 0.5) is 13.2 Å². The number of amides is 2. The first-order valence-electron chi connectivity index (χ1n) is 9.76. The Labute approximate surface area is 188 Å². The fraction of sp³-hybridized carbons (Fsp3) is 0.167. The third-order valence-electron chi connectivity index (χ3n) is 4.72. The number of hydrogen-bond acceptors (Lipinski definition) is 3. The predicted molar refractivity (Wildman–Crippen MR) is 120 cm³/mol. The monoisotopic (exact) mass is 458 g/mol. The highest BCUT2D eigenvalue weighted by Gasteiger charge is 2.30. The largest absolute Gasteiger partial charge is 0.416 e. The molecule has 32 heavy (non-hydrogen) atoms. The second-order valence-electron chi connectivity index (χ2n) is 6.90. The summed E-state index contributed by atoms with van der Waals surface area (Å²) >= 11 is 1.65. The molecule has 166 valence electrons. The summed E-state index contributed by atoms with van der Waals surface area (Å²) in [6.45, 7) is 0.319. The molecule has 0 radical (unpaired) electrons. The van der Waals surface area contributed by atoms with Crippen molar-refractivity contribution in [1.82, 2.24) is 10.6 Å². The van der Waals surface area contributed by atoms with E-state index in [-0.39, 0.29) is 24.6 Å². The van der Waals surface area contributed by atoms with Crippen molar-refractivity contribution in [1.29, 1.82) is 0 Å². The Morgan fingerprint density at radius 2 is 1.38 bits per heavy atom. The molecule has 0 aliphatic heterocycles. The van der Waals surface area contributed by atoms with Crippen LogP contribution in [0.2, 0.25) is 0 Å². The van der Waals surface area contributed by atoms with Gasteiger partial charge in [0.1, 0.15) is 0 Å². The van der Waals surface area contributed by atoms with Gasteiger partial charge in [-0.3, -0.25) is 9.59 Å². The van der Waals surface area contributed by atoms with Crippen LogP contribution in [0.3, 0.4) is 0 Å². The van der Waals surface area contributed by atoms with Gasteiger partial charge in [-0.25, -0.2) is 0 Å². The minimum Gasteiger partial charge on any atom is -0.350 e. The number of alkyl halides is 3. The van der Waals surface area contributed by atoms with E-state index in [1.54, 1.807) is 30.0 Å². The first-order valence-corrected chi connectivity index (χ1v) is 11.0. The zero-order valence-electron chi connectivity index (χ0n) is 17.2. The number of carbonyl (C=O) groups excluding carboxylic acids is 2. The van der Waals surface area contributed by atoms with Crippen LogP contribution in [-0.4, -0.2) is 31.2 Å². The molecule has 0 bridgehead atoms. The van der Waals surface area contributed by atoms with E-state index < -0.39 is 17.6 Å². The lowest BCUT2D eigenvalue weighted by atomic mass is 10.0. The van der Waals surface area contributed by atoms with E-state index >= 15 is 0 Å². The van der Waals surface area contributed by atoms with Gasteiger partial charge in [0.25, 0.3) is 11.8 Å². The van der Waals surface area contributed by atoms with Crippen LogP contribution < -0.4 is 10.6 Å². The molecule has 0 aromatic heterocycles. The van der Waals surface area contributed by atoms with E-state index in [0.717, 1.165) is 40.3 Å². The first-order chi connectivity index (χ1) is 15.3. The van der Waals surface area contributed by atoms with Gasteiger partial charge >= 0.3 is 6.18 Å². The Bertz CT molecular complexity index is 1080. The molecule has 0 saturated heterocycles. The molecule has 3 aromatic rings. The number of carbonyl (C=O) groups is 2. The summed E-state index contributed by atoms with van der Waals surface area (Å²) in [5, 5.41) is 5.30. The fourth-order valence-electron chi connectivity index (χ4n) is 2.99. The number of nitrogens with one attached hydrogen (secondary N) is 2. The van der Waals surface area contributed by atoms with Crippen molar-refractivity contribution in [3.8, 4) is 11.1 Å². The summed E-state index contributed by atoms with van der Waals surface area (Å²) in [5.41, 5.74) is 1.71.